The van der Waals surface area contributed by atoms with Gasteiger partial charge in [0.2, 0.25) is 0 Å². The van der Waals surface area contributed by atoms with Crippen LogP contribution in [0.1, 0.15) is 33.6 Å². The maximum atomic E-state index is 12.5. The zero-order valence-electron chi connectivity index (χ0n) is 17.7. The molecule has 1 amide bonds. The fraction of sp³-hybridized carbons (Fsp3) is 0.455. The number of amides is 1. The summed E-state index contributed by atoms with van der Waals surface area (Å²) in [6.45, 7) is 7.95. The van der Waals surface area contributed by atoms with Crippen LogP contribution in [0.5, 0.6) is 0 Å². The molecule has 1 saturated heterocycles. The molecule has 1 N–H and O–H groups in total. The molecule has 0 bridgehead atoms. The van der Waals surface area contributed by atoms with Gasteiger partial charge >= 0.3 is 6.09 Å². The van der Waals surface area contributed by atoms with Crippen molar-refractivity contribution in [2.75, 3.05) is 25.0 Å². The molecular formula is C22H28N6O2. The maximum Gasteiger partial charge on any atom is 0.410 e. The minimum atomic E-state index is -0.229. The van der Waals surface area contributed by atoms with Crippen LogP contribution in [0.4, 0.5) is 10.6 Å². The molecule has 4 heterocycles. The van der Waals surface area contributed by atoms with Crippen LogP contribution in [0.25, 0.3) is 16.9 Å². The van der Waals surface area contributed by atoms with Crippen LogP contribution < -0.4 is 5.32 Å². The van der Waals surface area contributed by atoms with Gasteiger partial charge in [-0.15, -0.1) is 5.10 Å². The fourth-order valence-electron chi connectivity index (χ4n) is 3.56. The smallest absolute Gasteiger partial charge is 0.410 e. The summed E-state index contributed by atoms with van der Waals surface area (Å²) in [7, 11) is 0. The van der Waals surface area contributed by atoms with Crippen molar-refractivity contribution in [2.24, 2.45) is 5.41 Å². The lowest BCUT2D eigenvalue weighted by molar-refractivity contribution is 0.0702. The number of nitrogens with one attached hydrogen (secondary N) is 1. The highest BCUT2D eigenvalue weighted by Crippen LogP contribution is 2.22. The van der Waals surface area contributed by atoms with Crippen LogP contribution in [0.3, 0.4) is 0 Å². The number of rotatable bonds is 5. The highest BCUT2D eigenvalue weighted by Gasteiger charge is 2.30. The largest absolute Gasteiger partial charge is 0.449 e. The quantitative estimate of drug-likeness (QED) is 0.690. The van der Waals surface area contributed by atoms with E-state index in [-0.39, 0.29) is 17.6 Å². The first-order valence-corrected chi connectivity index (χ1v) is 10.3. The molecule has 158 valence electrons. The van der Waals surface area contributed by atoms with Gasteiger partial charge in [-0.2, -0.15) is 0 Å². The van der Waals surface area contributed by atoms with Gasteiger partial charge in [0, 0.05) is 31.0 Å². The molecule has 1 atom stereocenters. The van der Waals surface area contributed by atoms with E-state index in [1.807, 2.05) is 39.9 Å². The number of aromatic nitrogens is 4. The van der Waals surface area contributed by atoms with Crippen LogP contribution in [0, 0.1) is 5.41 Å². The lowest BCUT2D eigenvalue weighted by atomic mass is 9.99. The first-order chi connectivity index (χ1) is 14.4. The predicted molar refractivity (Wildman–Crippen MR) is 115 cm³/mol. The average molecular weight is 409 g/mol. The molecule has 0 aromatic carbocycles. The van der Waals surface area contributed by atoms with Gasteiger partial charge in [0.15, 0.2) is 5.65 Å². The number of anilines is 1. The van der Waals surface area contributed by atoms with Gasteiger partial charge < -0.3 is 15.0 Å². The number of pyridine rings is 1. The van der Waals surface area contributed by atoms with Gasteiger partial charge in [-0.1, -0.05) is 20.8 Å². The van der Waals surface area contributed by atoms with E-state index in [0.29, 0.717) is 13.2 Å². The Labute approximate surface area is 176 Å². The number of imidazole rings is 1. The van der Waals surface area contributed by atoms with Crippen molar-refractivity contribution >= 4 is 17.6 Å². The molecule has 0 unspecified atom stereocenters. The summed E-state index contributed by atoms with van der Waals surface area (Å²) in [5, 5.41) is 8.08. The van der Waals surface area contributed by atoms with Crippen molar-refractivity contribution in [3.63, 3.8) is 0 Å². The maximum absolute atomic E-state index is 12.5. The Morgan fingerprint density at radius 3 is 2.80 bits per heavy atom. The van der Waals surface area contributed by atoms with E-state index < -0.39 is 0 Å². The van der Waals surface area contributed by atoms with Gasteiger partial charge in [-0.25, -0.2) is 14.3 Å². The number of hydrogen-bond donors (Lipinski definition) is 1. The van der Waals surface area contributed by atoms with Crippen LogP contribution >= 0.6 is 0 Å². The molecule has 8 nitrogen and oxygen atoms in total. The summed E-state index contributed by atoms with van der Waals surface area (Å²) in [4.78, 5) is 22.8. The minimum absolute atomic E-state index is 0.0419. The first kappa shape index (κ1) is 20.1. The number of ether oxygens (including phenoxy) is 1. The van der Waals surface area contributed by atoms with E-state index in [4.69, 9.17) is 9.84 Å². The van der Waals surface area contributed by atoms with Crippen molar-refractivity contribution < 1.29 is 9.53 Å². The molecule has 1 aliphatic heterocycles. The molecule has 1 aliphatic rings. The molecule has 0 radical (unpaired) electrons. The Morgan fingerprint density at radius 1 is 1.23 bits per heavy atom. The normalized spacial score (nSPS) is 16.8. The molecule has 8 heteroatoms. The third-order valence-corrected chi connectivity index (χ3v) is 5.10. The molecule has 0 saturated carbocycles. The minimum Gasteiger partial charge on any atom is -0.449 e. The van der Waals surface area contributed by atoms with Gasteiger partial charge in [-0.3, -0.25) is 4.98 Å². The van der Waals surface area contributed by atoms with Gasteiger partial charge in [0.05, 0.1) is 24.5 Å². The van der Waals surface area contributed by atoms with Crippen LogP contribution in [-0.4, -0.2) is 56.3 Å². The Hall–Kier alpha value is -3.16. The topological polar surface area (TPSA) is 84.6 Å². The molecule has 0 aliphatic carbocycles. The summed E-state index contributed by atoms with van der Waals surface area (Å²) in [5.74, 6) is 0.741. The fourth-order valence-corrected chi connectivity index (χ4v) is 3.56. The van der Waals surface area contributed by atoms with E-state index >= 15 is 0 Å². The molecular weight excluding hydrogens is 380 g/mol. The SMILES string of the molecule is CC(C)(C)COC(=O)N1CCC[C@H]1CNc1ccc2ncc(-c3ccncc3)n2n1. The number of likely N-dealkylation sites (tertiary alicyclic amines) is 1. The molecule has 30 heavy (non-hydrogen) atoms. The van der Waals surface area contributed by atoms with E-state index in [9.17, 15) is 4.79 Å². The third kappa shape index (κ3) is 4.53. The third-order valence-electron chi connectivity index (χ3n) is 5.10. The number of carbonyl (C=O) groups excluding carboxylic acids is 1. The number of hydrogen-bond acceptors (Lipinski definition) is 6. The zero-order chi connectivity index (χ0) is 21.1. The Morgan fingerprint density at radius 2 is 2.03 bits per heavy atom. The number of carbonyl (C=O) groups is 1. The first-order valence-electron chi connectivity index (χ1n) is 10.3. The molecule has 3 aromatic rings. The van der Waals surface area contributed by atoms with Crippen molar-refractivity contribution in [3.8, 4) is 11.3 Å². The Balaban J connectivity index is 1.43. The van der Waals surface area contributed by atoms with E-state index in [0.717, 1.165) is 42.1 Å². The summed E-state index contributed by atoms with van der Waals surface area (Å²) >= 11 is 0. The van der Waals surface area contributed by atoms with Crippen LogP contribution in [-0.2, 0) is 4.74 Å². The molecule has 4 rings (SSSR count). The lowest BCUT2D eigenvalue weighted by Crippen LogP contribution is -2.40. The van der Waals surface area contributed by atoms with E-state index in [1.54, 1.807) is 12.4 Å². The van der Waals surface area contributed by atoms with Gasteiger partial charge in [0.25, 0.3) is 0 Å². The van der Waals surface area contributed by atoms with Crippen molar-refractivity contribution in [1.82, 2.24) is 24.5 Å². The highest BCUT2D eigenvalue weighted by molar-refractivity contribution is 5.68. The summed E-state index contributed by atoms with van der Waals surface area (Å²) < 4.78 is 7.33. The van der Waals surface area contributed by atoms with E-state index in [1.165, 1.54) is 0 Å². The number of nitrogens with zero attached hydrogens (tertiary/aromatic N) is 5. The van der Waals surface area contributed by atoms with Crippen molar-refractivity contribution in [1.29, 1.82) is 0 Å². The van der Waals surface area contributed by atoms with Gasteiger partial charge in [-0.05, 0) is 42.5 Å². The standard InChI is InChI=1S/C22H28N6O2/c1-22(2,3)15-30-21(29)27-12-4-5-17(27)13-24-19-6-7-20-25-14-18(28(20)26-19)16-8-10-23-11-9-16/h6-11,14,17H,4-5,12-13,15H2,1-3H3,(H,24,26)/t17-/m0/s1. The number of fused-ring (bicyclic) bond motifs is 1. The summed E-state index contributed by atoms with van der Waals surface area (Å²) in [5.41, 5.74) is 2.65. The summed E-state index contributed by atoms with van der Waals surface area (Å²) in [6.07, 6.45) is 7.02. The monoisotopic (exact) mass is 408 g/mol. The molecule has 1 fully saturated rings. The molecule has 3 aromatic heterocycles. The summed E-state index contributed by atoms with van der Waals surface area (Å²) in [6, 6.07) is 7.81. The van der Waals surface area contributed by atoms with Crippen molar-refractivity contribution in [2.45, 2.75) is 39.7 Å². The van der Waals surface area contributed by atoms with Crippen molar-refractivity contribution in [3.05, 3.63) is 42.9 Å². The second-order valence-corrected chi connectivity index (χ2v) is 8.85. The molecule has 0 spiro atoms. The Bertz CT molecular complexity index is 1010. The predicted octanol–water partition coefficient (Wildman–Crippen LogP) is 3.85. The zero-order valence-corrected chi connectivity index (χ0v) is 17.7. The highest BCUT2D eigenvalue weighted by atomic mass is 16.6. The second-order valence-electron chi connectivity index (χ2n) is 8.85. The van der Waals surface area contributed by atoms with Gasteiger partial charge in [0.1, 0.15) is 5.82 Å². The second kappa shape index (κ2) is 8.30. The Kier molecular flexibility index (Phi) is 5.57. The van der Waals surface area contributed by atoms with Crippen LogP contribution in [0.2, 0.25) is 0 Å². The average Bonchev–Trinajstić information content (AvgIpc) is 3.37. The van der Waals surface area contributed by atoms with E-state index in [2.05, 4.69) is 36.1 Å². The van der Waals surface area contributed by atoms with Crippen LogP contribution in [0.15, 0.2) is 42.9 Å². The lowest BCUT2D eigenvalue weighted by Gasteiger charge is -2.26.